The first-order chi connectivity index (χ1) is 21.8. The highest BCUT2D eigenvalue weighted by Gasteiger charge is 2.34. The van der Waals surface area contributed by atoms with Crippen LogP contribution in [-0.2, 0) is 16.1 Å². The minimum absolute atomic E-state index is 0.181. The van der Waals surface area contributed by atoms with Gasteiger partial charge in [0.2, 0.25) is 0 Å². The maximum absolute atomic E-state index is 14.1. The number of ether oxygens (including phenoxy) is 5. The molecule has 0 fully saturated rings. The van der Waals surface area contributed by atoms with E-state index in [-0.39, 0.29) is 17.7 Å². The lowest BCUT2D eigenvalue weighted by Crippen LogP contribution is -2.40. The molecule has 0 spiro atoms. The Labute approximate surface area is 273 Å². The molecular weight excluding hydrogens is 660 g/mol. The zero-order valence-electron chi connectivity index (χ0n) is 25.6. The summed E-state index contributed by atoms with van der Waals surface area (Å²) in [5, 5.41) is 0. The van der Waals surface area contributed by atoms with Crippen LogP contribution < -0.4 is 33.8 Å². The summed E-state index contributed by atoms with van der Waals surface area (Å²) < 4.78 is 31.1. The van der Waals surface area contributed by atoms with Gasteiger partial charge in [0.25, 0.3) is 5.56 Å². The minimum Gasteiger partial charge on any atom is -0.493 e. The van der Waals surface area contributed by atoms with Crippen molar-refractivity contribution in [1.29, 1.82) is 0 Å². The van der Waals surface area contributed by atoms with Gasteiger partial charge in [0.05, 0.1) is 53.8 Å². The summed E-state index contributed by atoms with van der Waals surface area (Å²) in [7, 11) is 3.08. The van der Waals surface area contributed by atoms with E-state index in [2.05, 4.69) is 20.9 Å². The largest absolute Gasteiger partial charge is 0.493 e. The molecule has 5 rings (SSSR count). The van der Waals surface area contributed by atoms with Crippen LogP contribution in [0.5, 0.6) is 23.0 Å². The van der Waals surface area contributed by atoms with Gasteiger partial charge in [0.15, 0.2) is 27.8 Å². The van der Waals surface area contributed by atoms with E-state index in [4.69, 9.17) is 23.7 Å². The number of esters is 1. The molecule has 0 aliphatic carbocycles. The van der Waals surface area contributed by atoms with Crippen LogP contribution in [0.4, 0.5) is 0 Å². The van der Waals surface area contributed by atoms with Crippen LogP contribution in [0.15, 0.2) is 86.2 Å². The molecule has 9 nitrogen and oxygen atoms in total. The third-order valence-electron chi connectivity index (χ3n) is 7.10. The van der Waals surface area contributed by atoms with Crippen LogP contribution in [0.3, 0.4) is 0 Å². The molecule has 0 saturated heterocycles. The molecule has 0 unspecified atom stereocenters. The van der Waals surface area contributed by atoms with E-state index in [1.807, 2.05) is 49.4 Å². The van der Waals surface area contributed by atoms with Gasteiger partial charge >= 0.3 is 5.97 Å². The summed E-state index contributed by atoms with van der Waals surface area (Å²) in [6.07, 6.45) is 1.78. The van der Waals surface area contributed by atoms with E-state index >= 15 is 0 Å². The van der Waals surface area contributed by atoms with Gasteiger partial charge in [-0.2, -0.15) is 0 Å². The Morgan fingerprint density at radius 3 is 2.42 bits per heavy atom. The van der Waals surface area contributed by atoms with E-state index < -0.39 is 12.0 Å². The number of thiazole rings is 1. The number of benzene rings is 3. The average Bonchev–Trinajstić information content (AvgIpc) is 3.33. The molecular formula is C34H33BrN2O7S. The lowest BCUT2D eigenvalue weighted by molar-refractivity contribution is -0.139. The summed E-state index contributed by atoms with van der Waals surface area (Å²) in [6.45, 7) is 6.37. The van der Waals surface area contributed by atoms with Crippen LogP contribution in [0.25, 0.3) is 6.08 Å². The highest BCUT2D eigenvalue weighted by molar-refractivity contribution is 9.10. The Kier molecular flexibility index (Phi) is 10.1. The third-order valence-corrected chi connectivity index (χ3v) is 8.67. The molecule has 3 aromatic carbocycles. The number of nitrogens with zero attached hydrogens (tertiary/aromatic N) is 2. The van der Waals surface area contributed by atoms with E-state index in [0.717, 1.165) is 11.1 Å². The number of halogens is 1. The fraction of sp³-hybridized carbons (Fsp3) is 0.265. The topological polar surface area (TPSA) is 97.6 Å². The van der Waals surface area contributed by atoms with E-state index in [1.165, 1.54) is 23.0 Å². The van der Waals surface area contributed by atoms with E-state index in [1.54, 1.807) is 45.2 Å². The van der Waals surface area contributed by atoms with Crippen molar-refractivity contribution < 1.29 is 28.5 Å². The van der Waals surface area contributed by atoms with Gasteiger partial charge in [0, 0.05) is 0 Å². The molecule has 0 saturated carbocycles. The zero-order chi connectivity index (χ0) is 32.1. The first-order valence-electron chi connectivity index (χ1n) is 14.3. The molecule has 1 aromatic heterocycles. The second-order valence-electron chi connectivity index (χ2n) is 9.95. The summed E-state index contributed by atoms with van der Waals surface area (Å²) in [4.78, 5) is 32.5. The average molecular weight is 694 g/mol. The van der Waals surface area contributed by atoms with Crippen molar-refractivity contribution >= 4 is 39.3 Å². The molecule has 1 aliphatic heterocycles. The third kappa shape index (κ3) is 6.69. The Morgan fingerprint density at radius 1 is 0.978 bits per heavy atom. The SMILES string of the molecule is CCOC(=O)C1=C(C)N=c2s/c(=C\c3cc(Br)c(OCc4ccccc4)c(OCC)c3)c(=O)n2[C@@H]1c1ccc(OC)c(OC)c1. The van der Waals surface area contributed by atoms with Gasteiger partial charge in [0.1, 0.15) is 6.61 Å². The number of allylic oxidation sites excluding steroid dienone is 1. The minimum atomic E-state index is -0.790. The van der Waals surface area contributed by atoms with Crippen molar-refractivity contribution in [3.8, 4) is 23.0 Å². The first kappa shape index (κ1) is 32.1. The molecule has 0 N–H and O–H groups in total. The molecule has 1 aliphatic rings. The summed E-state index contributed by atoms with van der Waals surface area (Å²) in [5.74, 6) is 1.58. The van der Waals surface area contributed by atoms with Gasteiger partial charge in [-0.25, -0.2) is 9.79 Å². The molecule has 45 heavy (non-hydrogen) atoms. The Bertz CT molecular complexity index is 1930. The normalized spacial score (nSPS) is 14.4. The number of hydrogen-bond acceptors (Lipinski definition) is 9. The summed E-state index contributed by atoms with van der Waals surface area (Å²) in [5.41, 5.74) is 2.86. The number of hydrogen-bond donors (Lipinski definition) is 0. The van der Waals surface area contributed by atoms with E-state index in [9.17, 15) is 9.59 Å². The second-order valence-corrected chi connectivity index (χ2v) is 11.8. The number of rotatable bonds is 11. The van der Waals surface area contributed by atoms with Crippen LogP contribution in [0.1, 0.15) is 43.5 Å². The standard InChI is InChI=1S/C34H33BrN2O7S/c1-6-42-27-16-22(15-24(35)31(27)44-19-21-11-9-8-10-12-21)17-28-32(38)37-30(23-13-14-25(40-4)26(18-23)41-5)29(33(39)43-7-2)20(3)36-34(37)45-28/h8-18,30H,6-7,19H2,1-5H3/b28-17-/t30-/m1/s1. The number of fused-ring (bicyclic) bond motifs is 1. The smallest absolute Gasteiger partial charge is 0.338 e. The maximum Gasteiger partial charge on any atom is 0.338 e. The van der Waals surface area contributed by atoms with Crippen LogP contribution in [-0.4, -0.2) is 38.0 Å². The van der Waals surface area contributed by atoms with Crippen LogP contribution in [0, 0.1) is 0 Å². The van der Waals surface area contributed by atoms with Gasteiger partial charge in [-0.05, 0) is 83.7 Å². The predicted molar refractivity (Wildman–Crippen MR) is 176 cm³/mol. The molecule has 0 bridgehead atoms. The lowest BCUT2D eigenvalue weighted by Gasteiger charge is -2.25. The van der Waals surface area contributed by atoms with Crippen molar-refractivity contribution in [2.45, 2.75) is 33.4 Å². The van der Waals surface area contributed by atoms with Crippen LogP contribution >= 0.6 is 27.3 Å². The number of carbonyl (C=O) groups excluding carboxylic acids is 1. The maximum atomic E-state index is 14.1. The van der Waals surface area contributed by atoms with Crippen molar-refractivity contribution in [3.05, 3.63) is 113 Å². The first-order valence-corrected chi connectivity index (χ1v) is 15.9. The van der Waals surface area contributed by atoms with Crippen molar-refractivity contribution in [2.24, 2.45) is 4.99 Å². The molecule has 2 heterocycles. The van der Waals surface area contributed by atoms with Crippen LogP contribution in [0.2, 0.25) is 0 Å². The van der Waals surface area contributed by atoms with Gasteiger partial charge < -0.3 is 23.7 Å². The van der Waals surface area contributed by atoms with Gasteiger partial charge in [-0.3, -0.25) is 9.36 Å². The number of methoxy groups -OCH3 is 2. The quantitative estimate of drug-likeness (QED) is 0.190. The molecule has 234 valence electrons. The zero-order valence-corrected chi connectivity index (χ0v) is 28.0. The Hall–Kier alpha value is -4.35. The van der Waals surface area contributed by atoms with Crippen molar-refractivity contribution in [2.75, 3.05) is 27.4 Å². The van der Waals surface area contributed by atoms with E-state index in [0.29, 0.717) is 61.3 Å². The number of carbonyl (C=O) groups is 1. The fourth-order valence-electron chi connectivity index (χ4n) is 5.09. The highest BCUT2D eigenvalue weighted by Crippen LogP contribution is 2.38. The van der Waals surface area contributed by atoms with Gasteiger partial charge in [-0.1, -0.05) is 47.7 Å². The lowest BCUT2D eigenvalue weighted by atomic mass is 9.95. The highest BCUT2D eigenvalue weighted by atomic mass is 79.9. The predicted octanol–water partition coefficient (Wildman–Crippen LogP) is 5.56. The molecule has 0 radical (unpaired) electrons. The molecule has 4 aromatic rings. The molecule has 0 amide bonds. The fourth-order valence-corrected chi connectivity index (χ4v) is 6.71. The summed E-state index contributed by atoms with van der Waals surface area (Å²) >= 11 is 4.88. The Morgan fingerprint density at radius 2 is 1.73 bits per heavy atom. The monoisotopic (exact) mass is 692 g/mol. The molecule has 11 heteroatoms. The summed E-state index contributed by atoms with van der Waals surface area (Å²) in [6, 6.07) is 18.1. The van der Waals surface area contributed by atoms with Crippen molar-refractivity contribution in [3.63, 3.8) is 0 Å². The molecule has 1 atom stereocenters. The van der Waals surface area contributed by atoms with Crippen molar-refractivity contribution in [1.82, 2.24) is 4.57 Å². The Balaban J connectivity index is 1.62. The number of aromatic nitrogens is 1. The second kappa shape index (κ2) is 14.2. The van der Waals surface area contributed by atoms with Gasteiger partial charge in [-0.15, -0.1) is 0 Å².